The minimum Gasteiger partial charge on any atom is -0.497 e. The van der Waals surface area contributed by atoms with Gasteiger partial charge in [-0.05, 0) is 48.5 Å². The highest BCUT2D eigenvalue weighted by molar-refractivity contribution is 7.99. The maximum Gasteiger partial charge on any atom is 0.234 e. The molecule has 2 aromatic heterocycles. The molecule has 0 bridgehead atoms. The third-order valence-electron chi connectivity index (χ3n) is 4.30. The summed E-state index contributed by atoms with van der Waals surface area (Å²) in [5.74, 6) is 1.25. The van der Waals surface area contributed by atoms with E-state index in [2.05, 4.69) is 20.5 Å². The van der Waals surface area contributed by atoms with Crippen molar-refractivity contribution in [3.05, 3.63) is 77.9 Å². The van der Waals surface area contributed by atoms with Gasteiger partial charge in [0.05, 0.1) is 12.9 Å². The van der Waals surface area contributed by atoms with Gasteiger partial charge in [0.1, 0.15) is 11.4 Å². The third kappa shape index (κ3) is 5.04. The Labute approximate surface area is 188 Å². The number of carbonyl (C=O) groups excluding carboxylic acids is 1. The summed E-state index contributed by atoms with van der Waals surface area (Å²) < 4.78 is 7.05. The lowest BCUT2D eigenvalue weighted by molar-refractivity contribution is -0.113. The first kappa shape index (κ1) is 20.9. The first-order valence-corrected chi connectivity index (χ1v) is 10.7. The molecule has 0 aliphatic heterocycles. The van der Waals surface area contributed by atoms with Gasteiger partial charge in [-0.3, -0.25) is 14.3 Å². The largest absolute Gasteiger partial charge is 0.497 e. The molecule has 9 heteroatoms. The lowest BCUT2D eigenvalue weighted by Crippen LogP contribution is -2.14. The van der Waals surface area contributed by atoms with Crippen LogP contribution in [0.1, 0.15) is 0 Å². The number of rotatable bonds is 7. The molecule has 0 fully saturated rings. The number of amides is 1. The molecule has 4 rings (SSSR count). The molecule has 0 atom stereocenters. The molecule has 0 spiro atoms. The predicted molar refractivity (Wildman–Crippen MR) is 122 cm³/mol. The van der Waals surface area contributed by atoms with Gasteiger partial charge in [-0.2, -0.15) is 0 Å². The van der Waals surface area contributed by atoms with Gasteiger partial charge in [-0.1, -0.05) is 35.5 Å². The molecule has 2 aromatic carbocycles. The van der Waals surface area contributed by atoms with Gasteiger partial charge in [0.2, 0.25) is 5.91 Å². The highest BCUT2D eigenvalue weighted by Gasteiger charge is 2.18. The Bertz CT molecular complexity index is 1180. The molecule has 0 radical (unpaired) electrons. The summed E-state index contributed by atoms with van der Waals surface area (Å²) in [6, 6.07) is 20.1. The Hall–Kier alpha value is -3.36. The van der Waals surface area contributed by atoms with Crippen molar-refractivity contribution in [2.75, 3.05) is 18.2 Å². The van der Waals surface area contributed by atoms with Crippen LogP contribution in [0.4, 0.5) is 5.69 Å². The Morgan fingerprint density at radius 2 is 1.94 bits per heavy atom. The standard InChI is InChI=1S/C22H18ClN5O2S/c1-30-18-6-4-5-16(13-18)25-20(29)14-31-22-27-26-21(19-7-2-3-12-24-19)28(22)17-10-8-15(23)9-11-17/h2-13H,14H2,1H3,(H,25,29). The second-order valence-electron chi connectivity index (χ2n) is 6.40. The van der Waals surface area contributed by atoms with E-state index >= 15 is 0 Å². The number of hydrogen-bond acceptors (Lipinski definition) is 6. The van der Waals surface area contributed by atoms with Gasteiger partial charge in [-0.15, -0.1) is 10.2 Å². The summed E-state index contributed by atoms with van der Waals surface area (Å²) in [7, 11) is 1.58. The third-order valence-corrected chi connectivity index (χ3v) is 5.48. The molecule has 4 aromatic rings. The van der Waals surface area contributed by atoms with Gasteiger partial charge >= 0.3 is 0 Å². The van der Waals surface area contributed by atoms with Crippen LogP contribution in [0.5, 0.6) is 5.75 Å². The first-order valence-electron chi connectivity index (χ1n) is 9.33. The molecule has 1 N–H and O–H groups in total. The van der Waals surface area contributed by atoms with Crippen LogP contribution in [0.15, 0.2) is 78.1 Å². The average Bonchev–Trinajstić information content (AvgIpc) is 3.23. The highest BCUT2D eigenvalue weighted by Crippen LogP contribution is 2.28. The van der Waals surface area contributed by atoms with Crippen molar-refractivity contribution in [2.24, 2.45) is 0 Å². The molecule has 0 saturated carbocycles. The van der Waals surface area contributed by atoms with Crippen molar-refractivity contribution in [1.29, 1.82) is 0 Å². The molecule has 0 unspecified atom stereocenters. The van der Waals surface area contributed by atoms with Crippen LogP contribution in [0.3, 0.4) is 0 Å². The Morgan fingerprint density at radius 3 is 2.68 bits per heavy atom. The molecule has 31 heavy (non-hydrogen) atoms. The van der Waals surface area contributed by atoms with Crippen molar-refractivity contribution in [3.63, 3.8) is 0 Å². The number of nitrogens with one attached hydrogen (secondary N) is 1. The Morgan fingerprint density at radius 1 is 1.10 bits per heavy atom. The van der Waals surface area contributed by atoms with E-state index in [4.69, 9.17) is 16.3 Å². The number of aromatic nitrogens is 4. The maximum atomic E-state index is 12.5. The van der Waals surface area contributed by atoms with E-state index in [0.717, 1.165) is 5.69 Å². The van der Waals surface area contributed by atoms with Crippen LogP contribution in [-0.2, 0) is 4.79 Å². The van der Waals surface area contributed by atoms with Crippen LogP contribution < -0.4 is 10.1 Å². The van der Waals surface area contributed by atoms with Crippen molar-refractivity contribution >= 4 is 35.0 Å². The van der Waals surface area contributed by atoms with Gasteiger partial charge in [0.25, 0.3) is 0 Å². The topological polar surface area (TPSA) is 81.9 Å². The minimum atomic E-state index is -0.164. The monoisotopic (exact) mass is 451 g/mol. The number of nitrogens with zero attached hydrogens (tertiary/aromatic N) is 4. The average molecular weight is 452 g/mol. The normalized spacial score (nSPS) is 10.6. The van der Waals surface area contributed by atoms with Crippen molar-refractivity contribution in [3.8, 4) is 23.0 Å². The van der Waals surface area contributed by atoms with Crippen molar-refractivity contribution in [2.45, 2.75) is 5.16 Å². The number of hydrogen-bond donors (Lipinski definition) is 1. The number of methoxy groups -OCH3 is 1. The van der Waals surface area contributed by atoms with E-state index in [1.165, 1.54) is 11.8 Å². The number of carbonyl (C=O) groups is 1. The second kappa shape index (κ2) is 9.63. The fraction of sp³-hybridized carbons (Fsp3) is 0.0909. The molecular weight excluding hydrogens is 434 g/mol. The summed E-state index contributed by atoms with van der Waals surface area (Å²) in [5.41, 5.74) is 2.17. The van der Waals surface area contributed by atoms with Crippen LogP contribution in [-0.4, -0.2) is 38.5 Å². The van der Waals surface area contributed by atoms with Gasteiger partial charge < -0.3 is 10.1 Å². The zero-order chi connectivity index (χ0) is 21.6. The van der Waals surface area contributed by atoms with Crippen LogP contribution in [0, 0.1) is 0 Å². The van der Waals surface area contributed by atoms with Gasteiger partial charge in [0, 0.05) is 28.7 Å². The molecule has 1 amide bonds. The fourth-order valence-corrected chi connectivity index (χ4v) is 3.75. The lowest BCUT2D eigenvalue weighted by Gasteiger charge is -2.10. The molecule has 0 aliphatic rings. The quantitative estimate of drug-likeness (QED) is 0.409. The smallest absolute Gasteiger partial charge is 0.234 e. The maximum absolute atomic E-state index is 12.5. The zero-order valence-electron chi connectivity index (χ0n) is 16.5. The van der Waals surface area contributed by atoms with E-state index in [0.29, 0.717) is 33.1 Å². The predicted octanol–water partition coefficient (Wildman–Crippen LogP) is 4.72. The number of pyridine rings is 1. The number of thioether (sulfide) groups is 1. The summed E-state index contributed by atoms with van der Waals surface area (Å²) in [5, 5.41) is 12.7. The van der Waals surface area contributed by atoms with Gasteiger partial charge in [0.15, 0.2) is 11.0 Å². The summed E-state index contributed by atoms with van der Waals surface area (Å²) in [4.78, 5) is 16.9. The molecular formula is C22H18ClN5O2S. The van der Waals surface area contributed by atoms with E-state index in [9.17, 15) is 4.79 Å². The van der Waals surface area contributed by atoms with Crippen molar-refractivity contribution < 1.29 is 9.53 Å². The SMILES string of the molecule is COc1cccc(NC(=O)CSc2nnc(-c3ccccn3)n2-c2ccc(Cl)cc2)c1. The number of anilines is 1. The van der Waals surface area contributed by atoms with E-state index in [1.807, 2.05) is 47.0 Å². The van der Waals surface area contributed by atoms with Gasteiger partial charge in [-0.25, -0.2) is 0 Å². The second-order valence-corrected chi connectivity index (χ2v) is 7.78. The Balaban J connectivity index is 1.57. The van der Waals surface area contributed by atoms with E-state index < -0.39 is 0 Å². The van der Waals surface area contributed by atoms with Crippen LogP contribution >= 0.6 is 23.4 Å². The highest BCUT2D eigenvalue weighted by atomic mass is 35.5. The minimum absolute atomic E-state index is 0.158. The summed E-state index contributed by atoms with van der Waals surface area (Å²) in [6.45, 7) is 0. The first-order chi connectivity index (χ1) is 15.1. The lowest BCUT2D eigenvalue weighted by atomic mass is 10.3. The van der Waals surface area contributed by atoms with E-state index in [-0.39, 0.29) is 11.7 Å². The number of halogens is 1. The number of ether oxygens (including phenoxy) is 1. The molecule has 0 aliphatic carbocycles. The number of benzene rings is 2. The molecule has 2 heterocycles. The van der Waals surface area contributed by atoms with Crippen LogP contribution in [0.2, 0.25) is 5.02 Å². The van der Waals surface area contributed by atoms with Crippen LogP contribution in [0.25, 0.3) is 17.2 Å². The fourth-order valence-electron chi connectivity index (χ4n) is 2.88. The Kier molecular flexibility index (Phi) is 6.49. The van der Waals surface area contributed by atoms with Crippen molar-refractivity contribution in [1.82, 2.24) is 19.7 Å². The zero-order valence-corrected chi connectivity index (χ0v) is 18.1. The molecule has 7 nitrogen and oxygen atoms in total. The summed E-state index contributed by atoms with van der Waals surface area (Å²) in [6.07, 6.45) is 1.70. The molecule has 156 valence electrons. The summed E-state index contributed by atoms with van der Waals surface area (Å²) >= 11 is 7.34. The van der Waals surface area contributed by atoms with E-state index in [1.54, 1.807) is 37.6 Å². The molecule has 0 saturated heterocycles.